The molecule has 20 heteroatoms. The van der Waals surface area contributed by atoms with E-state index in [1.165, 1.54) is 25.7 Å². The number of carbonyl (C=O) groups is 3. The number of piperidine rings is 3. The number of hydrogen-bond acceptors (Lipinski definition) is 15. The highest BCUT2D eigenvalue weighted by atomic mass is 19.1. The van der Waals surface area contributed by atoms with Crippen LogP contribution in [0.4, 0.5) is 25.2 Å². The topological polar surface area (TPSA) is 194 Å². The van der Waals surface area contributed by atoms with Crippen LogP contribution in [0.2, 0.25) is 0 Å². The molecule has 4 aromatic heterocycles. The molecule has 79 heavy (non-hydrogen) atoms. The lowest BCUT2D eigenvalue weighted by molar-refractivity contribution is -0.134. The normalized spacial score (nSPS) is 21.9. The Kier molecular flexibility index (Phi) is 14.7. The number of benzene rings is 2. The smallest absolute Gasteiger partial charge is 0.409 e. The van der Waals surface area contributed by atoms with Crippen molar-refractivity contribution in [1.82, 2.24) is 44.8 Å². The third-order valence-corrected chi connectivity index (χ3v) is 18.2. The number of aryl methyl sites for hydroxylation is 3. The number of likely N-dealkylation sites (tertiary alicyclic amines) is 1. The molecule has 3 amide bonds. The Morgan fingerprint density at radius 1 is 0.873 bits per heavy atom. The number of imide groups is 1. The fourth-order valence-corrected chi connectivity index (χ4v) is 14.1. The van der Waals surface area contributed by atoms with Gasteiger partial charge < -0.3 is 34.0 Å². The summed E-state index contributed by atoms with van der Waals surface area (Å²) in [4.78, 5) is 64.0. The SMILES string of the molecule is CCc1c(F)ccc2cc(O)cc(-c3nc4c5c(nc(OCC67CCCN6CCC7)nc5c3F)N3CCCOCC3CC4)c12.COC(=O)N1CCC(CC2CCN(c3ccc4c(C5CCC(=O)NC5=O)nn(C)c4n3)CC2)CC1. The van der Waals surface area contributed by atoms with Crippen molar-refractivity contribution in [2.45, 2.75) is 121 Å². The molecule has 2 aromatic carbocycles. The summed E-state index contributed by atoms with van der Waals surface area (Å²) in [6.45, 7) is 9.98. The zero-order valence-electron chi connectivity index (χ0n) is 45.6. The first kappa shape index (κ1) is 52.9. The molecule has 0 bridgehead atoms. The van der Waals surface area contributed by atoms with E-state index in [9.17, 15) is 19.5 Å². The second kappa shape index (κ2) is 22.0. The molecule has 0 spiro atoms. The Morgan fingerprint density at radius 2 is 1.65 bits per heavy atom. The molecule has 7 aliphatic heterocycles. The first-order valence-electron chi connectivity index (χ1n) is 28.7. The van der Waals surface area contributed by atoms with Crippen LogP contribution < -0.4 is 19.9 Å². The number of ether oxygens (including phenoxy) is 3. The maximum atomic E-state index is 17.0. The lowest BCUT2D eigenvalue weighted by Crippen LogP contribution is -2.43. The van der Waals surface area contributed by atoms with E-state index in [1.54, 1.807) is 16.8 Å². The number of anilines is 2. The third kappa shape index (κ3) is 10.2. The number of amides is 3. The lowest BCUT2D eigenvalue weighted by atomic mass is 9.83. The van der Waals surface area contributed by atoms with Gasteiger partial charge in [0.25, 0.3) is 0 Å². The maximum Gasteiger partial charge on any atom is 0.409 e. The summed E-state index contributed by atoms with van der Waals surface area (Å²) in [6, 6.07) is 10.3. The monoisotopic (exact) mass is 1080 g/mol. The quantitative estimate of drug-likeness (QED) is 0.131. The number of carbonyl (C=O) groups excluding carboxylic acids is 3. The van der Waals surface area contributed by atoms with Crippen LogP contribution in [-0.4, -0.2) is 147 Å². The van der Waals surface area contributed by atoms with Crippen LogP contribution in [0.3, 0.4) is 0 Å². The number of phenolic OH excluding ortho intramolecular Hbond substituents is 1. The van der Waals surface area contributed by atoms with Crippen LogP contribution in [-0.2, 0) is 39.0 Å². The minimum Gasteiger partial charge on any atom is -0.508 e. The summed E-state index contributed by atoms with van der Waals surface area (Å²) in [5.74, 6) is 1.03. The molecule has 2 N–H and O–H groups in total. The molecular weight excluding hydrogens is 1010 g/mol. The average Bonchev–Trinajstić information content (AvgIpc) is 4.29. The van der Waals surface area contributed by atoms with Crippen molar-refractivity contribution in [2.75, 3.05) is 82.5 Å². The van der Waals surface area contributed by atoms with Crippen LogP contribution in [0.25, 0.3) is 44.0 Å². The molecule has 2 unspecified atom stereocenters. The number of nitrogens with zero attached hydrogens (tertiary/aromatic N) is 10. The molecule has 11 heterocycles. The number of halogens is 2. The number of aromatic hydroxyl groups is 1. The highest BCUT2D eigenvalue weighted by Gasteiger charge is 2.45. The second-order valence-electron chi connectivity index (χ2n) is 22.9. The fourth-order valence-electron chi connectivity index (χ4n) is 14.1. The molecule has 418 valence electrons. The van der Waals surface area contributed by atoms with Gasteiger partial charge in [0.15, 0.2) is 11.5 Å². The molecule has 6 fully saturated rings. The number of methoxy groups -OCH3 is 1. The van der Waals surface area contributed by atoms with Gasteiger partial charge in [-0.15, -0.1) is 0 Å². The van der Waals surface area contributed by atoms with Crippen molar-refractivity contribution in [3.05, 3.63) is 65.0 Å². The minimum absolute atomic E-state index is 0.0143. The first-order chi connectivity index (χ1) is 38.4. The van der Waals surface area contributed by atoms with Gasteiger partial charge in [-0.25, -0.2) is 23.5 Å². The summed E-state index contributed by atoms with van der Waals surface area (Å²) in [7, 11) is 3.30. The average molecular weight is 1080 g/mol. The van der Waals surface area contributed by atoms with Crippen molar-refractivity contribution in [1.29, 1.82) is 0 Å². The largest absolute Gasteiger partial charge is 0.508 e. The molecule has 0 radical (unpaired) electrons. The van der Waals surface area contributed by atoms with Crippen molar-refractivity contribution < 1.29 is 42.5 Å². The van der Waals surface area contributed by atoms with E-state index < -0.39 is 11.7 Å². The minimum atomic E-state index is -0.624. The molecule has 2 atom stereocenters. The summed E-state index contributed by atoms with van der Waals surface area (Å²) in [5, 5.41) is 20.4. The fraction of sp³-hybridized carbons (Fsp3) is 0.559. The van der Waals surface area contributed by atoms with E-state index in [0.717, 1.165) is 127 Å². The van der Waals surface area contributed by atoms with Crippen molar-refractivity contribution >= 4 is 62.3 Å². The van der Waals surface area contributed by atoms with E-state index in [4.69, 9.17) is 34.1 Å². The van der Waals surface area contributed by atoms with E-state index in [0.29, 0.717) is 102 Å². The van der Waals surface area contributed by atoms with E-state index in [-0.39, 0.29) is 58.3 Å². The first-order valence-corrected chi connectivity index (χ1v) is 28.7. The highest BCUT2D eigenvalue weighted by molar-refractivity contribution is 6.03. The van der Waals surface area contributed by atoms with Gasteiger partial charge in [-0.2, -0.15) is 15.1 Å². The third-order valence-electron chi connectivity index (χ3n) is 18.2. The molecular formula is C59H71F2N11O7. The van der Waals surface area contributed by atoms with Gasteiger partial charge in [0.1, 0.15) is 41.0 Å². The summed E-state index contributed by atoms with van der Waals surface area (Å²) >= 11 is 0. The van der Waals surface area contributed by atoms with Gasteiger partial charge in [0.05, 0.1) is 48.0 Å². The van der Waals surface area contributed by atoms with Gasteiger partial charge in [-0.1, -0.05) is 13.0 Å². The number of phenols is 1. The molecule has 13 rings (SSSR count). The predicted octanol–water partition coefficient (Wildman–Crippen LogP) is 8.51. The Bertz CT molecular complexity index is 3310. The van der Waals surface area contributed by atoms with Crippen LogP contribution in [0.1, 0.15) is 113 Å². The highest BCUT2D eigenvalue weighted by Crippen LogP contribution is 2.44. The van der Waals surface area contributed by atoms with Crippen LogP contribution in [0.15, 0.2) is 36.4 Å². The van der Waals surface area contributed by atoms with Gasteiger partial charge in [-0.3, -0.25) is 24.5 Å². The molecule has 6 saturated heterocycles. The molecule has 18 nitrogen and oxygen atoms in total. The Morgan fingerprint density at radius 3 is 2.39 bits per heavy atom. The van der Waals surface area contributed by atoms with Crippen LogP contribution in [0, 0.1) is 23.5 Å². The second-order valence-corrected chi connectivity index (χ2v) is 22.9. The van der Waals surface area contributed by atoms with E-state index >= 15 is 8.78 Å². The summed E-state index contributed by atoms with van der Waals surface area (Å²) in [6.07, 6.45) is 13.3. The number of fused-ring (bicyclic) bond motifs is 5. The van der Waals surface area contributed by atoms with E-state index in [2.05, 4.69) is 25.1 Å². The van der Waals surface area contributed by atoms with Crippen molar-refractivity contribution in [3.63, 3.8) is 0 Å². The molecule has 6 aromatic rings. The standard InChI is InChI=1S/C34H37F2N5O3.C25H34N6O4/c1-2-23-25(35)8-6-20-16-22(42)17-24(27(20)23)30-29(36)31-28-26(37-30)9-7-21-18-43-15-5-14-41(21)32(28)39-33(38-31)44-19-34-10-3-12-40(34)13-4-11-34;1-29-23-18(22(28-29)19-4-6-21(32)27-24(19)33)3-5-20(26-23)30-11-7-16(8-12-30)15-17-9-13-31(14-10-17)25(34)35-2/h6,8,16-17,21,42H,2-5,7,9-15,18-19H2,1H3;3,5,16-17,19H,4,6-15H2,1-2H3,(H,27,32,33). The Hall–Kier alpha value is -6.80. The Labute approximate surface area is 458 Å². The summed E-state index contributed by atoms with van der Waals surface area (Å²) < 4.78 is 51.0. The van der Waals surface area contributed by atoms with E-state index in [1.807, 2.05) is 31.0 Å². The van der Waals surface area contributed by atoms with Gasteiger partial charge in [-0.05, 0) is 161 Å². The summed E-state index contributed by atoms with van der Waals surface area (Å²) in [5.41, 5.74) is 3.14. The Balaban J connectivity index is 0.000000162. The number of pyridine rings is 2. The zero-order valence-corrected chi connectivity index (χ0v) is 45.6. The maximum absolute atomic E-state index is 17.0. The number of hydrogen-bond donors (Lipinski definition) is 2. The number of aromatic nitrogens is 6. The molecule has 7 aliphatic rings. The van der Waals surface area contributed by atoms with Crippen LogP contribution in [0.5, 0.6) is 11.8 Å². The van der Waals surface area contributed by atoms with Crippen molar-refractivity contribution in [3.8, 4) is 23.0 Å². The predicted molar refractivity (Wildman–Crippen MR) is 294 cm³/mol. The van der Waals surface area contributed by atoms with Gasteiger partial charge >= 0.3 is 12.1 Å². The number of rotatable bonds is 9. The van der Waals surface area contributed by atoms with Crippen molar-refractivity contribution in [2.24, 2.45) is 18.9 Å². The van der Waals surface area contributed by atoms with Gasteiger partial charge in [0.2, 0.25) is 11.8 Å². The number of nitrogens with one attached hydrogen (secondary N) is 1. The molecule has 0 saturated carbocycles. The zero-order chi connectivity index (χ0) is 54.5. The van der Waals surface area contributed by atoms with Crippen LogP contribution >= 0.6 is 0 Å². The lowest BCUT2D eigenvalue weighted by Gasteiger charge is -2.36. The molecule has 0 aliphatic carbocycles. The van der Waals surface area contributed by atoms with Gasteiger partial charge in [0, 0.05) is 63.7 Å².